The lowest BCUT2D eigenvalue weighted by atomic mass is 10.2. The van der Waals surface area contributed by atoms with Crippen LogP contribution in [0.4, 0.5) is 19.0 Å². The van der Waals surface area contributed by atoms with Crippen molar-refractivity contribution >= 4 is 40.6 Å². The van der Waals surface area contributed by atoms with Gasteiger partial charge in [0.25, 0.3) is 0 Å². The first-order chi connectivity index (χ1) is 8.29. The smallest absolute Gasteiger partial charge is 0.369 e. The maximum Gasteiger partial charge on any atom is 0.389 e. The summed E-state index contributed by atoms with van der Waals surface area (Å²) in [6, 6.07) is 1.43. The van der Waals surface area contributed by atoms with Crippen LogP contribution in [0.25, 0.3) is 0 Å². The summed E-state index contributed by atoms with van der Waals surface area (Å²) >= 11 is 17.2. The molecule has 0 radical (unpaired) electrons. The van der Waals surface area contributed by atoms with Crippen molar-refractivity contribution < 1.29 is 13.2 Å². The van der Waals surface area contributed by atoms with E-state index in [4.69, 9.17) is 34.8 Å². The molecule has 1 N–H and O–H groups in total. The third-order valence-electron chi connectivity index (χ3n) is 2.07. The predicted molar refractivity (Wildman–Crippen MR) is 67.7 cm³/mol. The Morgan fingerprint density at radius 1 is 1.11 bits per heavy atom. The van der Waals surface area contributed by atoms with E-state index < -0.39 is 12.6 Å². The van der Waals surface area contributed by atoms with Gasteiger partial charge in [-0.25, -0.2) is 4.98 Å². The Morgan fingerprint density at radius 2 is 1.78 bits per heavy atom. The van der Waals surface area contributed by atoms with E-state index in [1.807, 2.05) is 0 Å². The maximum absolute atomic E-state index is 11.9. The van der Waals surface area contributed by atoms with Gasteiger partial charge in [-0.1, -0.05) is 34.8 Å². The van der Waals surface area contributed by atoms with Gasteiger partial charge in [0.15, 0.2) is 0 Å². The molecule has 0 aliphatic heterocycles. The zero-order chi connectivity index (χ0) is 13.8. The van der Waals surface area contributed by atoms with Crippen molar-refractivity contribution in [3.63, 3.8) is 0 Å². The van der Waals surface area contributed by atoms with E-state index in [2.05, 4.69) is 10.3 Å². The summed E-state index contributed by atoms with van der Waals surface area (Å²) in [4.78, 5) is 3.89. The minimum atomic E-state index is -4.11. The number of pyridine rings is 1. The van der Waals surface area contributed by atoms with Gasteiger partial charge >= 0.3 is 6.18 Å². The first kappa shape index (κ1) is 15.7. The molecule has 0 amide bonds. The number of anilines is 1. The molecule has 102 valence electrons. The Hall–Kier alpha value is -0.390. The van der Waals surface area contributed by atoms with Crippen molar-refractivity contribution in [1.29, 1.82) is 0 Å². The third kappa shape index (κ3) is 5.50. The summed E-state index contributed by atoms with van der Waals surface area (Å²) in [5.41, 5.74) is 0. The normalized spacial score (nSPS) is 11.7. The minimum Gasteiger partial charge on any atom is -0.369 e. The van der Waals surface area contributed by atoms with Crippen LogP contribution in [0, 0.1) is 0 Å². The van der Waals surface area contributed by atoms with E-state index in [1.165, 1.54) is 6.07 Å². The summed E-state index contributed by atoms with van der Waals surface area (Å²) in [5, 5.41) is 3.41. The van der Waals surface area contributed by atoms with Crippen molar-refractivity contribution in [2.45, 2.75) is 25.4 Å². The minimum absolute atomic E-state index is 0.0510. The molecule has 0 aliphatic rings. The second-order valence-electron chi connectivity index (χ2n) is 3.59. The Bertz CT molecular complexity index is 410. The summed E-state index contributed by atoms with van der Waals surface area (Å²) in [5.74, 6) is 0.318. The average Bonchev–Trinajstić information content (AvgIpc) is 2.23. The van der Waals surface area contributed by atoms with Crippen LogP contribution in [-0.4, -0.2) is 17.7 Å². The Kier molecular flexibility index (Phi) is 5.82. The second-order valence-corrected chi connectivity index (χ2v) is 4.76. The molecule has 1 rings (SSSR count). The first-order valence-corrected chi connectivity index (χ1v) is 6.25. The molecule has 0 atom stereocenters. The summed E-state index contributed by atoms with van der Waals surface area (Å²) in [6.07, 6.45) is -4.50. The van der Waals surface area contributed by atoms with Gasteiger partial charge in [-0.05, 0) is 18.9 Å². The highest BCUT2D eigenvalue weighted by molar-refractivity contribution is 6.42. The number of hydrogen-bond donors (Lipinski definition) is 1. The monoisotopic (exact) mass is 320 g/mol. The Labute approximate surface area is 117 Å². The zero-order valence-electron chi connectivity index (χ0n) is 9.12. The molecule has 0 unspecified atom stereocenters. The highest BCUT2D eigenvalue weighted by atomic mass is 35.5. The van der Waals surface area contributed by atoms with E-state index in [0.29, 0.717) is 18.8 Å². The molecule has 0 fully saturated rings. The average molecular weight is 322 g/mol. The predicted octanol–water partition coefficient (Wildman–Crippen LogP) is 5.19. The first-order valence-electron chi connectivity index (χ1n) is 5.12. The number of unbranched alkanes of at least 4 members (excludes halogenated alkanes) is 1. The Balaban J connectivity index is 2.38. The fourth-order valence-corrected chi connectivity index (χ4v) is 1.79. The highest BCUT2D eigenvalue weighted by Gasteiger charge is 2.25. The fraction of sp³-hybridized carbons (Fsp3) is 0.500. The van der Waals surface area contributed by atoms with Crippen LogP contribution in [0.15, 0.2) is 6.07 Å². The molecule has 0 aromatic carbocycles. The van der Waals surface area contributed by atoms with Gasteiger partial charge in [-0.2, -0.15) is 13.2 Å². The van der Waals surface area contributed by atoms with Crippen LogP contribution in [0.3, 0.4) is 0 Å². The summed E-state index contributed by atoms with van der Waals surface area (Å²) < 4.78 is 35.6. The van der Waals surface area contributed by atoms with Crippen molar-refractivity contribution in [3.8, 4) is 0 Å². The maximum atomic E-state index is 11.9. The zero-order valence-corrected chi connectivity index (χ0v) is 11.4. The van der Waals surface area contributed by atoms with Gasteiger partial charge in [0.1, 0.15) is 11.0 Å². The van der Waals surface area contributed by atoms with E-state index in [9.17, 15) is 13.2 Å². The molecule has 2 nitrogen and oxygen atoms in total. The van der Waals surface area contributed by atoms with E-state index >= 15 is 0 Å². The topological polar surface area (TPSA) is 24.9 Å². The van der Waals surface area contributed by atoms with Crippen LogP contribution in [-0.2, 0) is 0 Å². The summed E-state index contributed by atoms with van der Waals surface area (Å²) in [7, 11) is 0. The van der Waals surface area contributed by atoms with Gasteiger partial charge in [0.05, 0.1) is 10.0 Å². The lowest BCUT2D eigenvalue weighted by Gasteiger charge is -2.09. The summed E-state index contributed by atoms with van der Waals surface area (Å²) in [6.45, 7) is 0.334. The SMILES string of the molecule is FC(F)(F)CCCCNc1nc(Cl)c(Cl)cc1Cl. The van der Waals surface area contributed by atoms with E-state index in [1.54, 1.807) is 0 Å². The number of hydrogen-bond acceptors (Lipinski definition) is 2. The standard InChI is InChI=1S/C10H10Cl3F3N2/c11-6-5-7(12)9(18-8(6)13)17-4-2-1-3-10(14,15)16/h5H,1-4H2,(H,17,18). The van der Waals surface area contributed by atoms with Gasteiger partial charge in [-0.3, -0.25) is 0 Å². The number of rotatable bonds is 5. The molecule has 1 aromatic heterocycles. The highest BCUT2D eigenvalue weighted by Crippen LogP contribution is 2.29. The third-order valence-corrected chi connectivity index (χ3v) is 3.03. The number of nitrogens with one attached hydrogen (secondary N) is 1. The molecule has 8 heteroatoms. The lowest BCUT2D eigenvalue weighted by molar-refractivity contribution is -0.135. The Morgan fingerprint density at radius 3 is 2.39 bits per heavy atom. The molecule has 0 saturated heterocycles. The van der Waals surface area contributed by atoms with Crippen molar-refractivity contribution in [2.24, 2.45) is 0 Å². The largest absolute Gasteiger partial charge is 0.389 e. The van der Waals surface area contributed by atoms with Gasteiger partial charge in [-0.15, -0.1) is 0 Å². The molecule has 0 saturated carbocycles. The molecule has 0 bridgehead atoms. The van der Waals surface area contributed by atoms with Crippen LogP contribution in [0.1, 0.15) is 19.3 Å². The quantitative estimate of drug-likeness (QED) is 0.596. The molecule has 1 heterocycles. The number of halogens is 6. The molecular formula is C10H10Cl3F3N2. The van der Waals surface area contributed by atoms with Crippen LogP contribution in [0.2, 0.25) is 15.2 Å². The molecule has 0 aliphatic carbocycles. The van der Waals surface area contributed by atoms with Gasteiger partial charge in [0, 0.05) is 13.0 Å². The van der Waals surface area contributed by atoms with E-state index in [0.717, 1.165) is 0 Å². The second kappa shape index (κ2) is 6.68. The van der Waals surface area contributed by atoms with Crippen LogP contribution in [0.5, 0.6) is 0 Å². The van der Waals surface area contributed by atoms with Gasteiger partial charge < -0.3 is 5.32 Å². The number of aromatic nitrogens is 1. The molecule has 1 aromatic rings. The van der Waals surface area contributed by atoms with Crippen LogP contribution >= 0.6 is 34.8 Å². The van der Waals surface area contributed by atoms with Crippen molar-refractivity contribution in [1.82, 2.24) is 4.98 Å². The van der Waals surface area contributed by atoms with Crippen LogP contribution < -0.4 is 5.32 Å². The lowest BCUT2D eigenvalue weighted by Crippen LogP contribution is -2.09. The number of nitrogens with zero attached hydrogens (tertiary/aromatic N) is 1. The van der Waals surface area contributed by atoms with Crippen molar-refractivity contribution in [3.05, 3.63) is 21.3 Å². The number of alkyl halides is 3. The molecular weight excluding hydrogens is 311 g/mol. The van der Waals surface area contributed by atoms with Crippen molar-refractivity contribution in [2.75, 3.05) is 11.9 Å². The molecule has 18 heavy (non-hydrogen) atoms. The molecule has 0 spiro atoms. The van der Waals surface area contributed by atoms with Gasteiger partial charge in [0.2, 0.25) is 0 Å². The van der Waals surface area contributed by atoms with E-state index in [-0.39, 0.29) is 21.6 Å². The fourth-order valence-electron chi connectivity index (χ4n) is 1.23.